The number of carbonyl (C=O) groups is 1. The van der Waals surface area contributed by atoms with Gasteiger partial charge in [-0.2, -0.15) is 0 Å². The molecule has 0 radical (unpaired) electrons. The number of aliphatic hydroxyl groups is 1. The minimum absolute atomic E-state index is 0.0703. The zero-order valence-corrected chi connectivity index (χ0v) is 13.5. The van der Waals surface area contributed by atoms with Crippen molar-refractivity contribution in [1.82, 2.24) is 0 Å². The molecule has 0 unspecified atom stereocenters. The molecule has 124 valence electrons. The largest absolute Gasteiger partial charge is 0.493 e. The average molecular weight is 324 g/mol. The Hall–Kier alpha value is -2.59. The first kappa shape index (κ1) is 16.3. The highest BCUT2D eigenvalue weighted by molar-refractivity contribution is 5.90. The molecule has 0 saturated heterocycles. The van der Waals surface area contributed by atoms with Crippen molar-refractivity contribution in [2.45, 2.75) is 32.0 Å². The van der Waals surface area contributed by atoms with E-state index in [1.165, 1.54) is 12.3 Å². The van der Waals surface area contributed by atoms with Gasteiger partial charge in [-0.1, -0.05) is 31.2 Å². The molecule has 2 aromatic carbocycles. The normalized spacial score (nSPS) is 18.1. The first-order valence-corrected chi connectivity index (χ1v) is 8.06. The van der Waals surface area contributed by atoms with Gasteiger partial charge >= 0.3 is 0 Å². The summed E-state index contributed by atoms with van der Waals surface area (Å²) in [6.07, 6.45) is 3.28. The van der Waals surface area contributed by atoms with Crippen molar-refractivity contribution < 1.29 is 19.4 Å². The Morgan fingerprint density at radius 3 is 2.33 bits per heavy atom. The molecule has 0 bridgehead atoms. The van der Waals surface area contributed by atoms with E-state index in [9.17, 15) is 9.90 Å². The molecule has 0 aliphatic carbocycles. The number of ketones is 1. The summed E-state index contributed by atoms with van der Waals surface area (Å²) in [6.45, 7) is 1.94. The van der Waals surface area contributed by atoms with Gasteiger partial charge < -0.3 is 14.6 Å². The van der Waals surface area contributed by atoms with Gasteiger partial charge in [-0.3, -0.25) is 4.79 Å². The molecule has 24 heavy (non-hydrogen) atoms. The summed E-state index contributed by atoms with van der Waals surface area (Å²) < 4.78 is 11.3. The number of ether oxygens (including phenoxy) is 2. The number of carbonyl (C=O) groups excluding carboxylic acids is 1. The minimum atomic E-state index is -0.439. The molecule has 0 aromatic heterocycles. The Bertz CT molecular complexity index is 716. The second kappa shape index (κ2) is 7.32. The molecule has 0 fully saturated rings. The molecular weight excluding hydrogens is 304 g/mol. The van der Waals surface area contributed by atoms with Crippen LogP contribution in [0.15, 0.2) is 60.9 Å². The van der Waals surface area contributed by atoms with E-state index >= 15 is 0 Å². The maximum absolute atomic E-state index is 11.4. The van der Waals surface area contributed by atoms with Crippen molar-refractivity contribution in [3.63, 3.8) is 0 Å². The maximum Gasteiger partial charge on any atom is 0.162 e. The lowest BCUT2D eigenvalue weighted by Gasteiger charge is -2.19. The molecule has 2 atom stereocenters. The molecule has 1 aliphatic rings. The topological polar surface area (TPSA) is 55.8 Å². The molecule has 1 N–H and O–H groups in total. The summed E-state index contributed by atoms with van der Waals surface area (Å²) in [5, 5.41) is 9.80. The maximum atomic E-state index is 11.4. The van der Waals surface area contributed by atoms with Crippen LogP contribution in [0, 0.1) is 0 Å². The van der Waals surface area contributed by atoms with Crippen molar-refractivity contribution >= 4 is 5.78 Å². The first-order chi connectivity index (χ1) is 11.7. The molecule has 0 amide bonds. The van der Waals surface area contributed by atoms with E-state index in [0.29, 0.717) is 24.3 Å². The highest BCUT2D eigenvalue weighted by atomic mass is 16.5. The van der Waals surface area contributed by atoms with E-state index in [0.717, 1.165) is 11.1 Å². The summed E-state index contributed by atoms with van der Waals surface area (Å²) in [7, 11) is 0. The van der Waals surface area contributed by atoms with Gasteiger partial charge in [0.15, 0.2) is 5.78 Å². The van der Waals surface area contributed by atoms with Crippen LogP contribution in [0.5, 0.6) is 11.5 Å². The Labute approximate surface area is 141 Å². The van der Waals surface area contributed by atoms with Gasteiger partial charge in [0, 0.05) is 6.08 Å². The number of hydrogen-bond acceptors (Lipinski definition) is 4. The van der Waals surface area contributed by atoms with Crippen molar-refractivity contribution in [1.29, 1.82) is 0 Å². The lowest BCUT2D eigenvalue weighted by Crippen LogP contribution is -2.11. The zero-order valence-electron chi connectivity index (χ0n) is 13.5. The van der Waals surface area contributed by atoms with Crippen LogP contribution in [-0.2, 0) is 9.53 Å². The summed E-state index contributed by atoms with van der Waals surface area (Å²) >= 11 is 0. The third kappa shape index (κ3) is 3.84. The van der Waals surface area contributed by atoms with E-state index in [-0.39, 0.29) is 11.9 Å². The van der Waals surface area contributed by atoms with Crippen molar-refractivity contribution in [2.75, 3.05) is 0 Å². The van der Waals surface area contributed by atoms with Crippen molar-refractivity contribution in [3.05, 3.63) is 72.0 Å². The van der Waals surface area contributed by atoms with Crippen LogP contribution < -0.4 is 4.74 Å². The van der Waals surface area contributed by atoms with Gasteiger partial charge in [0.05, 0.1) is 18.8 Å². The number of hydrogen-bond donors (Lipinski definition) is 1. The summed E-state index contributed by atoms with van der Waals surface area (Å²) in [5.41, 5.74) is 1.83. The highest BCUT2D eigenvalue weighted by Crippen LogP contribution is 2.29. The standard InChI is InChI=1S/C20H20O4/c1-2-19(22)14-3-7-17(8-4-14)24-18-9-5-15(6-10-18)20-13-16(21)11-12-23-20/h3-12,19-20,22H,2,13H2,1H3/t19-,20+/m0/s1. The predicted molar refractivity (Wildman–Crippen MR) is 90.8 cm³/mol. The minimum Gasteiger partial charge on any atom is -0.493 e. The molecule has 3 rings (SSSR count). The molecule has 2 aromatic rings. The summed E-state index contributed by atoms with van der Waals surface area (Å²) in [4.78, 5) is 11.4. The molecular formula is C20H20O4. The third-order valence-electron chi connectivity index (χ3n) is 4.02. The van der Waals surface area contributed by atoms with Gasteiger partial charge in [-0.25, -0.2) is 0 Å². The number of aliphatic hydroxyl groups excluding tert-OH is 1. The molecule has 4 heteroatoms. The van der Waals surface area contributed by atoms with Crippen LogP contribution in [-0.4, -0.2) is 10.9 Å². The highest BCUT2D eigenvalue weighted by Gasteiger charge is 2.18. The Morgan fingerprint density at radius 1 is 1.12 bits per heavy atom. The van der Waals surface area contributed by atoms with Crippen LogP contribution in [0.25, 0.3) is 0 Å². The zero-order chi connectivity index (χ0) is 16.9. The second-order valence-electron chi connectivity index (χ2n) is 5.76. The van der Waals surface area contributed by atoms with Gasteiger partial charge in [0.1, 0.15) is 17.6 Å². The summed E-state index contributed by atoms with van der Waals surface area (Å²) in [5.74, 6) is 1.49. The Balaban J connectivity index is 1.66. The number of allylic oxidation sites excluding steroid dienone is 1. The fourth-order valence-electron chi connectivity index (χ4n) is 2.59. The van der Waals surface area contributed by atoms with Crippen LogP contribution >= 0.6 is 0 Å². The lowest BCUT2D eigenvalue weighted by atomic mass is 10.0. The predicted octanol–water partition coefficient (Wildman–Crippen LogP) is 4.47. The van der Waals surface area contributed by atoms with Gasteiger partial charge in [0.25, 0.3) is 0 Å². The van der Waals surface area contributed by atoms with Gasteiger partial charge in [-0.05, 0) is 41.8 Å². The Kier molecular flexibility index (Phi) is 4.96. The lowest BCUT2D eigenvalue weighted by molar-refractivity contribution is -0.118. The van der Waals surface area contributed by atoms with E-state index < -0.39 is 6.10 Å². The second-order valence-corrected chi connectivity index (χ2v) is 5.76. The molecule has 1 aliphatic heterocycles. The molecule has 4 nitrogen and oxygen atoms in total. The van der Waals surface area contributed by atoms with E-state index in [4.69, 9.17) is 9.47 Å². The molecule has 1 heterocycles. The van der Waals surface area contributed by atoms with Crippen LogP contribution in [0.1, 0.15) is 43.1 Å². The third-order valence-corrected chi connectivity index (χ3v) is 4.02. The van der Waals surface area contributed by atoms with E-state index in [1.54, 1.807) is 0 Å². The Morgan fingerprint density at radius 2 is 1.75 bits per heavy atom. The SMILES string of the molecule is CC[C@H](O)c1ccc(Oc2ccc([C@H]3CC(=O)C=CO3)cc2)cc1. The number of rotatable bonds is 5. The fraction of sp³-hybridized carbons (Fsp3) is 0.250. The summed E-state index contributed by atoms with van der Waals surface area (Å²) in [6, 6.07) is 14.9. The van der Waals surface area contributed by atoms with Gasteiger partial charge in [-0.15, -0.1) is 0 Å². The molecule has 0 saturated carbocycles. The average Bonchev–Trinajstić information content (AvgIpc) is 2.62. The van der Waals surface area contributed by atoms with Crippen molar-refractivity contribution in [3.8, 4) is 11.5 Å². The quantitative estimate of drug-likeness (QED) is 0.882. The smallest absolute Gasteiger partial charge is 0.162 e. The van der Waals surface area contributed by atoms with Crippen LogP contribution in [0.4, 0.5) is 0 Å². The number of benzene rings is 2. The fourth-order valence-corrected chi connectivity index (χ4v) is 2.59. The molecule has 0 spiro atoms. The van der Waals surface area contributed by atoms with Crippen molar-refractivity contribution in [2.24, 2.45) is 0 Å². The first-order valence-electron chi connectivity index (χ1n) is 8.06. The van der Waals surface area contributed by atoms with Crippen LogP contribution in [0.2, 0.25) is 0 Å². The van der Waals surface area contributed by atoms with E-state index in [2.05, 4.69) is 0 Å². The monoisotopic (exact) mass is 324 g/mol. The van der Waals surface area contributed by atoms with Gasteiger partial charge in [0.2, 0.25) is 0 Å². The van der Waals surface area contributed by atoms with Crippen LogP contribution in [0.3, 0.4) is 0 Å². The van der Waals surface area contributed by atoms with E-state index in [1.807, 2.05) is 55.5 Å².